The zero-order chi connectivity index (χ0) is 15.8. The molecule has 0 aliphatic carbocycles. The summed E-state index contributed by atoms with van der Waals surface area (Å²) in [4.78, 5) is 1.97. The minimum Gasteiger partial charge on any atom is -0.392 e. The SMILES string of the molecule is CN(C)C1CCN(S(=O)(=O)c2cc(Cl)cc(CO)c2Cl)C1. The summed E-state index contributed by atoms with van der Waals surface area (Å²) >= 11 is 12.0. The molecule has 1 aromatic rings. The van der Waals surface area contributed by atoms with E-state index in [-0.39, 0.29) is 27.6 Å². The van der Waals surface area contributed by atoms with Gasteiger partial charge in [0.1, 0.15) is 4.90 Å². The van der Waals surface area contributed by atoms with Crippen molar-refractivity contribution in [2.24, 2.45) is 0 Å². The lowest BCUT2D eigenvalue weighted by atomic mass is 10.2. The first kappa shape index (κ1) is 17.0. The van der Waals surface area contributed by atoms with Crippen LogP contribution >= 0.6 is 23.2 Å². The Labute approximate surface area is 135 Å². The van der Waals surface area contributed by atoms with E-state index >= 15 is 0 Å². The smallest absolute Gasteiger partial charge is 0.244 e. The van der Waals surface area contributed by atoms with Crippen molar-refractivity contribution in [1.29, 1.82) is 0 Å². The van der Waals surface area contributed by atoms with Crippen LogP contribution in [0.1, 0.15) is 12.0 Å². The van der Waals surface area contributed by atoms with Crippen LogP contribution in [0.15, 0.2) is 17.0 Å². The van der Waals surface area contributed by atoms with E-state index in [1.165, 1.54) is 16.4 Å². The Kier molecular flexibility index (Phi) is 5.18. The summed E-state index contributed by atoms with van der Waals surface area (Å²) in [6.45, 7) is 0.511. The summed E-state index contributed by atoms with van der Waals surface area (Å²) in [6, 6.07) is 2.99. The van der Waals surface area contributed by atoms with Crippen molar-refractivity contribution in [3.05, 3.63) is 27.7 Å². The molecule has 5 nitrogen and oxygen atoms in total. The maximum absolute atomic E-state index is 12.7. The number of rotatable bonds is 4. The molecule has 1 aliphatic heterocycles. The van der Waals surface area contributed by atoms with E-state index in [0.29, 0.717) is 18.7 Å². The van der Waals surface area contributed by atoms with E-state index < -0.39 is 10.0 Å². The highest BCUT2D eigenvalue weighted by atomic mass is 35.5. The standard InChI is InChI=1S/C13H18Cl2N2O3S/c1-16(2)11-3-4-17(7-11)21(19,20)12-6-10(14)5-9(8-18)13(12)15/h5-6,11,18H,3-4,7-8H2,1-2H3. The molecule has 0 amide bonds. The van der Waals surface area contributed by atoms with Crippen LogP contribution in [0.25, 0.3) is 0 Å². The van der Waals surface area contributed by atoms with E-state index in [1.807, 2.05) is 19.0 Å². The van der Waals surface area contributed by atoms with Crippen LogP contribution in [-0.4, -0.2) is 56.0 Å². The second kappa shape index (κ2) is 6.40. The second-order valence-corrected chi connectivity index (χ2v) is 8.03. The molecular weight excluding hydrogens is 335 g/mol. The molecule has 118 valence electrons. The van der Waals surface area contributed by atoms with Gasteiger partial charge in [-0.2, -0.15) is 4.31 Å². The number of aliphatic hydroxyl groups is 1. The average molecular weight is 353 g/mol. The van der Waals surface area contributed by atoms with Crippen molar-refractivity contribution in [3.63, 3.8) is 0 Å². The number of halogens is 2. The topological polar surface area (TPSA) is 60.9 Å². The lowest BCUT2D eigenvalue weighted by molar-refractivity contribution is 0.281. The molecule has 0 saturated carbocycles. The van der Waals surface area contributed by atoms with Gasteiger partial charge in [-0.15, -0.1) is 0 Å². The highest BCUT2D eigenvalue weighted by Crippen LogP contribution is 2.33. The molecule has 0 bridgehead atoms. The van der Waals surface area contributed by atoms with Crippen LogP contribution in [0.2, 0.25) is 10.0 Å². The van der Waals surface area contributed by atoms with E-state index in [9.17, 15) is 13.5 Å². The zero-order valence-electron chi connectivity index (χ0n) is 11.9. The Hall–Kier alpha value is -0.370. The van der Waals surface area contributed by atoms with Gasteiger partial charge in [0.2, 0.25) is 10.0 Å². The van der Waals surface area contributed by atoms with Gasteiger partial charge in [0, 0.05) is 24.2 Å². The van der Waals surface area contributed by atoms with Crippen molar-refractivity contribution in [3.8, 4) is 0 Å². The molecule has 1 saturated heterocycles. The summed E-state index contributed by atoms with van der Waals surface area (Å²) in [7, 11) is 0.143. The number of hydrogen-bond donors (Lipinski definition) is 1. The van der Waals surface area contributed by atoms with E-state index in [4.69, 9.17) is 23.2 Å². The first-order chi connectivity index (χ1) is 9.77. The largest absolute Gasteiger partial charge is 0.392 e. The van der Waals surface area contributed by atoms with Crippen LogP contribution in [0.4, 0.5) is 0 Å². The van der Waals surface area contributed by atoms with Crippen LogP contribution in [0.5, 0.6) is 0 Å². The Morgan fingerprint density at radius 3 is 2.57 bits per heavy atom. The molecule has 1 aromatic carbocycles. The van der Waals surface area contributed by atoms with Gasteiger partial charge in [-0.05, 0) is 38.2 Å². The van der Waals surface area contributed by atoms with Crippen LogP contribution in [0.3, 0.4) is 0 Å². The number of sulfonamides is 1. The van der Waals surface area contributed by atoms with Gasteiger partial charge < -0.3 is 10.0 Å². The molecule has 0 radical (unpaired) electrons. The summed E-state index contributed by atoms with van der Waals surface area (Å²) in [6.07, 6.45) is 0.775. The van der Waals surface area contributed by atoms with Gasteiger partial charge in [-0.1, -0.05) is 23.2 Å². The number of likely N-dealkylation sites (N-methyl/N-ethyl adjacent to an activating group) is 1. The van der Waals surface area contributed by atoms with Gasteiger partial charge in [0.25, 0.3) is 0 Å². The third-order valence-corrected chi connectivity index (χ3v) is 6.39. The lowest BCUT2D eigenvalue weighted by Gasteiger charge is -2.21. The van der Waals surface area contributed by atoms with Gasteiger partial charge in [-0.25, -0.2) is 8.42 Å². The maximum Gasteiger partial charge on any atom is 0.244 e. The van der Waals surface area contributed by atoms with Gasteiger partial charge in [0.05, 0.1) is 11.6 Å². The third kappa shape index (κ3) is 3.36. The molecule has 8 heteroatoms. The average Bonchev–Trinajstić information content (AvgIpc) is 2.91. The molecule has 21 heavy (non-hydrogen) atoms. The van der Waals surface area contributed by atoms with Crippen LogP contribution < -0.4 is 0 Å². The molecule has 1 fully saturated rings. The summed E-state index contributed by atoms with van der Waals surface area (Å²) in [5.74, 6) is 0. The normalized spacial score (nSPS) is 20.4. The molecule has 2 rings (SSSR count). The molecule has 0 spiro atoms. The number of aliphatic hydroxyl groups excluding tert-OH is 1. The first-order valence-electron chi connectivity index (χ1n) is 6.52. The monoisotopic (exact) mass is 352 g/mol. The second-order valence-electron chi connectivity index (χ2n) is 5.30. The highest BCUT2D eigenvalue weighted by Gasteiger charge is 2.35. The van der Waals surface area contributed by atoms with E-state index in [0.717, 1.165) is 6.42 Å². The van der Waals surface area contributed by atoms with E-state index in [1.54, 1.807) is 0 Å². The summed E-state index contributed by atoms with van der Waals surface area (Å²) in [5.41, 5.74) is 0.311. The Morgan fingerprint density at radius 1 is 1.38 bits per heavy atom. The number of hydrogen-bond acceptors (Lipinski definition) is 4. The Balaban J connectivity index is 2.39. The Bertz CT molecular complexity index is 635. The highest BCUT2D eigenvalue weighted by molar-refractivity contribution is 7.89. The maximum atomic E-state index is 12.7. The third-order valence-electron chi connectivity index (χ3n) is 3.72. The fourth-order valence-corrected chi connectivity index (χ4v) is 4.80. The number of nitrogens with zero attached hydrogens (tertiary/aromatic N) is 2. The summed E-state index contributed by atoms with van der Waals surface area (Å²) < 4.78 is 26.9. The fraction of sp³-hybridized carbons (Fsp3) is 0.538. The van der Waals surface area contributed by atoms with Gasteiger partial charge >= 0.3 is 0 Å². The molecule has 0 aromatic heterocycles. The van der Waals surface area contributed by atoms with Crippen molar-refractivity contribution in [2.75, 3.05) is 27.2 Å². The Morgan fingerprint density at radius 2 is 2.05 bits per heavy atom. The van der Waals surface area contributed by atoms with Crippen LogP contribution in [0, 0.1) is 0 Å². The van der Waals surface area contributed by atoms with Gasteiger partial charge in [0.15, 0.2) is 0 Å². The molecule has 1 N–H and O–H groups in total. The number of benzene rings is 1. The van der Waals surface area contributed by atoms with Crippen molar-refractivity contribution in [1.82, 2.24) is 9.21 Å². The predicted octanol–water partition coefficient (Wildman–Crippen LogP) is 1.81. The molecule has 1 aliphatic rings. The first-order valence-corrected chi connectivity index (χ1v) is 8.72. The fourth-order valence-electron chi connectivity index (χ4n) is 2.41. The predicted molar refractivity (Wildman–Crippen MR) is 83.2 cm³/mol. The molecule has 1 atom stereocenters. The zero-order valence-corrected chi connectivity index (χ0v) is 14.2. The molecule has 1 heterocycles. The van der Waals surface area contributed by atoms with Gasteiger partial charge in [-0.3, -0.25) is 0 Å². The lowest BCUT2D eigenvalue weighted by Crippen LogP contribution is -2.34. The van der Waals surface area contributed by atoms with Crippen molar-refractivity contribution >= 4 is 33.2 Å². The quantitative estimate of drug-likeness (QED) is 0.897. The van der Waals surface area contributed by atoms with E-state index in [2.05, 4.69) is 0 Å². The van der Waals surface area contributed by atoms with Crippen molar-refractivity contribution < 1.29 is 13.5 Å². The molecule has 1 unspecified atom stereocenters. The molecular formula is C13H18Cl2N2O3S. The summed E-state index contributed by atoms with van der Waals surface area (Å²) in [5, 5.41) is 9.53. The van der Waals surface area contributed by atoms with Crippen LogP contribution in [-0.2, 0) is 16.6 Å². The van der Waals surface area contributed by atoms with Crippen molar-refractivity contribution in [2.45, 2.75) is 24.0 Å². The minimum absolute atomic E-state index is 0.0372. The minimum atomic E-state index is -3.71.